The number of pyridine rings is 1. The zero-order valence-electron chi connectivity index (χ0n) is 21.8. The molecule has 2 N–H and O–H groups in total. The summed E-state index contributed by atoms with van der Waals surface area (Å²) in [7, 11) is 0. The van der Waals surface area contributed by atoms with Crippen molar-refractivity contribution in [3.63, 3.8) is 0 Å². The van der Waals surface area contributed by atoms with Gasteiger partial charge in [0.05, 0.1) is 11.7 Å². The Balaban J connectivity index is 1.40. The number of terminal acetylenes is 1. The average molecular weight is 504 g/mol. The fourth-order valence-electron chi connectivity index (χ4n) is 5.12. The Labute approximate surface area is 218 Å². The predicted molar refractivity (Wildman–Crippen MR) is 147 cm³/mol. The molecule has 0 aromatic carbocycles. The van der Waals surface area contributed by atoms with Gasteiger partial charge in [0.1, 0.15) is 23.7 Å². The van der Waals surface area contributed by atoms with Gasteiger partial charge in [0.15, 0.2) is 0 Å². The fourth-order valence-corrected chi connectivity index (χ4v) is 5.12. The van der Waals surface area contributed by atoms with Crippen LogP contribution in [0, 0.1) is 12.3 Å². The molecule has 2 aliphatic heterocycles. The zero-order valence-corrected chi connectivity index (χ0v) is 21.8. The number of fused-ring (bicyclic) bond motifs is 1. The molecule has 0 aliphatic carbocycles. The largest absolute Gasteiger partial charge is 0.378 e. The first-order valence-electron chi connectivity index (χ1n) is 13.4. The van der Waals surface area contributed by atoms with Crippen molar-refractivity contribution in [2.45, 2.75) is 58.2 Å². The first kappa shape index (κ1) is 25.2. The Kier molecular flexibility index (Phi) is 7.72. The van der Waals surface area contributed by atoms with Gasteiger partial charge in [-0.15, -0.1) is 12.3 Å². The molecule has 2 fully saturated rings. The van der Waals surface area contributed by atoms with E-state index in [0.29, 0.717) is 18.8 Å². The van der Waals surface area contributed by atoms with E-state index in [9.17, 15) is 5.11 Å². The molecule has 5 heterocycles. The summed E-state index contributed by atoms with van der Waals surface area (Å²) in [4.78, 5) is 21.2. The number of nitrogens with zero attached hydrogens (tertiary/aromatic N) is 8. The lowest BCUT2D eigenvalue weighted by Gasteiger charge is -2.26. The van der Waals surface area contributed by atoms with Crippen LogP contribution in [0.1, 0.15) is 52.0 Å². The van der Waals surface area contributed by atoms with Crippen LogP contribution in [-0.4, -0.2) is 80.2 Å². The molecule has 2 aliphatic rings. The van der Waals surface area contributed by atoms with Crippen molar-refractivity contribution in [2.24, 2.45) is 0 Å². The molecule has 0 amide bonds. The number of aromatic nitrogens is 5. The van der Waals surface area contributed by atoms with Gasteiger partial charge in [-0.3, -0.25) is 9.58 Å². The third-order valence-corrected chi connectivity index (χ3v) is 7.14. The van der Waals surface area contributed by atoms with E-state index in [0.717, 1.165) is 74.0 Å². The van der Waals surface area contributed by atoms with Gasteiger partial charge in [0.2, 0.25) is 5.95 Å². The van der Waals surface area contributed by atoms with Crippen molar-refractivity contribution in [3.05, 3.63) is 24.5 Å². The van der Waals surface area contributed by atoms with E-state index in [-0.39, 0.29) is 6.04 Å². The van der Waals surface area contributed by atoms with Crippen LogP contribution in [-0.2, 0) is 0 Å². The molecule has 0 radical (unpaired) electrons. The van der Waals surface area contributed by atoms with Gasteiger partial charge in [0, 0.05) is 75.4 Å². The Morgan fingerprint density at radius 3 is 2.57 bits per heavy atom. The third kappa shape index (κ3) is 5.78. The van der Waals surface area contributed by atoms with Crippen LogP contribution in [0.2, 0.25) is 0 Å². The van der Waals surface area contributed by atoms with Gasteiger partial charge in [0.25, 0.3) is 0 Å². The number of rotatable bonds is 8. The molecule has 2 saturated heterocycles. The minimum absolute atomic E-state index is 0.257. The predicted octanol–water partition coefficient (Wildman–Crippen LogP) is 3.39. The number of anilines is 4. The second-order valence-corrected chi connectivity index (χ2v) is 10.1. The van der Waals surface area contributed by atoms with Crippen molar-refractivity contribution in [3.8, 4) is 12.3 Å². The Hall–Kier alpha value is -3.42. The standard InChI is InChI=1S/C27H37N9O/c1-4-5-9-26(37)34-12-8-13-35(15-14-34)27-31-24(17-25(32-27)33-10-6-7-11-33)30-23-16-22-21(18-28-23)19-29-36(22)20(2)3/h1,16-20,26,37H,5-15H2,2-3H3,(H,28,30,31,32). The van der Waals surface area contributed by atoms with Crippen LogP contribution >= 0.6 is 0 Å². The van der Waals surface area contributed by atoms with Crippen LogP contribution in [0.25, 0.3) is 10.9 Å². The second kappa shape index (κ2) is 11.3. The highest BCUT2D eigenvalue weighted by atomic mass is 16.3. The molecule has 3 aromatic heterocycles. The van der Waals surface area contributed by atoms with E-state index >= 15 is 0 Å². The molecule has 0 bridgehead atoms. The topological polar surface area (TPSA) is 98.5 Å². The van der Waals surface area contributed by atoms with E-state index in [4.69, 9.17) is 16.4 Å². The van der Waals surface area contributed by atoms with Crippen molar-refractivity contribution < 1.29 is 5.11 Å². The van der Waals surface area contributed by atoms with E-state index < -0.39 is 6.23 Å². The Bertz CT molecular complexity index is 1240. The summed E-state index contributed by atoms with van der Waals surface area (Å²) in [5, 5.41) is 19.5. The second-order valence-electron chi connectivity index (χ2n) is 10.1. The van der Waals surface area contributed by atoms with Gasteiger partial charge in [-0.1, -0.05) is 0 Å². The van der Waals surface area contributed by atoms with Crippen molar-refractivity contribution in [1.82, 2.24) is 29.6 Å². The van der Waals surface area contributed by atoms with E-state index in [1.54, 1.807) is 0 Å². The zero-order chi connectivity index (χ0) is 25.8. The number of aliphatic hydroxyl groups is 1. The molecule has 1 unspecified atom stereocenters. The number of hydrogen-bond donors (Lipinski definition) is 2. The van der Waals surface area contributed by atoms with E-state index in [1.165, 1.54) is 12.8 Å². The van der Waals surface area contributed by atoms with E-state index in [1.807, 2.05) is 29.2 Å². The molecule has 0 spiro atoms. The van der Waals surface area contributed by atoms with E-state index in [2.05, 4.69) is 49.9 Å². The van der Waals surface area contributed by atoms with Crippen molar-refractivity contribution in [2.75, 3.05) is 54.4 Å². The normalized spacial score (nSPS) is 17.8. The molecular weight excluding hydrogens is 466 g/mol. The monoisotopic (exact) mass is 503 g/mol. The van der Waals surface area contributed by atoms with Crippen LogP contribution in [0.5, 0.6) is 0 Å². The molecule has 37 heavy (non-hydrogen) atoms. The molecule has 5 rings (SSSR count). The first-order valence-corrected chi connectivity index (χ1v) is 13.4. The minimum atomic E-state index is -0.509. The van der Waals surface area contributed by atoms with Gasteiger partial charge in [-0.05, 0) is 39.5 Å². The summed E-state index contributed by atoms with van der Waals surface area (Å²) in [5.41, 5.74) is 1.04. The molecular formula is C27H37N9O. The van der Waals surface area contributed by atoms with Gasteiger partial charge in [-0.2, -0.15) is 15.1 Å². The lowest BCUT2D eigenvalue weighted by atomic mass is 10.2. The average Bonchev–Trinajstić information content (AvgIpc) is 3.52. The molecule has 10 nitrogen and oxygen atoms in total. The summed E-state index contributed by atoms with van der Waals surface area (Å²) >= 11 is 0. The molecule has 10 heteroatoms. The maximum atomic E-state index is 10.5. The minimum Gasteiger partial charge on any atom is -0.378 e. The summed E-state index contributed by atoms with van der Waals surface area (Å²) in [6.45, 7) is 9.39. The SMILES string of the molecule is C#CCCC(O)N1CCCN(c2nc(Nc3cc4c(cn3)cnn4C(C)C)cc(N3CCCC3)n2)CC1. The summed E-state index contributed by atoms with van der Waals surface area (Å²) in [6.07, 6.45) is 13.0. The first-order chi connectivity index (χ1) is 18.0. The Morgan fingerprint density at radius 2 is 1.78 bits per heavy atom. The highest BCUT2D eigenvalue weighted by molar-refractivity contribution is 5.81. The maximum absolute atomic E-state index is 10.5. The summed E-state index contributed by atoms with van der Waals surface area (Å²) < 4.78 is 2.00. The lowest BCUT2D eigenvalue weighted by molar-refractivity contribution is 0.00335. The highest BCUT2D eigenvalue weighted by Crippen LogP contribution is 2.27. The van der Waals surface area contributed by atoms with Gasteiger partial charge in [-0.25, -0.2) is 4.98 Å². The van der Waals surface area contributed by atoms with Crippen LogP contribution < -0.4 is 15.1 Å². The Morgan fingerprint density at radius 1 is 0.973 bits per heavy atom. The molecule has 0 saturated carbocycles. The molecule has 3 aromatic rings. The number of hydrogen-bond acceptors (Lipinski definition) is 9. The molecule has 1 atom stereocenters. The summed E-state index contributed by atoms with van der Waals surface area (Å²) in [5.74, 6) is 5.73. The third-order valence-electron chi connectivity index (χ3n) is 7.14. The lowest BCUT2D eigenvalue weighted by Crippen LogP contribution is -2.38. The number of nitrogens with one attached hydrogen (secondary N) is 1. The number of aliphatic hydroxyl groups excluding tert-OH is 1. The van der Waals surface area contributed by atoms with Crippen LogP contribution in [0.4, 0.5) is 23.4 Å². The highest BCUT2D eigenvalue weighted by Gasteiger charge is 2.23. The quantitative estimate of drug-likeness (QED) is 0.448. The maximum Gasteiger partial charge on any atom is 0.229 e. The van der Waals surface area contributed by atoms with Gasteiger partial charge < -0.3 is 20.2 Å². The summed E-state index contributed by atoms with van der Waals surface area (Å²) in [6, 6.07) is 4.31. The van der Waals surface area contributed by atoms with Crippen molar-refractivity contribution in [1.29, 1.82) is 0 Å². The van der Waals surface area contributed by atoms with Crippen molar-refractivity contribution >= 4 is 34.3 Å². The van der Waals surface area contributed by atoms with Gasteiger partial charge >= 0.3 is 0 Å². The van der Waals surface area contributed by atoms with Crippen LogP contribution in [0.3, 0.4) is 0 Å². The molecule has 196 valence electrons. The fraction of sp³-hybridized carbons (Fsp3) is 0.556. The van der Waals surface area contributed by atoms with Crippen LogP contribution in [0.15, 0.2) is 24.5 Å². The smallest absolute Gasteiger partial charge is 0.229 e.